The van der Waals surface area contributed by atoms with Crippen molar-refractivity contribution >= 4 is 17.5 Å². The minimum absolute atomic E-state index is 0.0705. The van der Waals surface area contributed by atoms with E-state index in [1.807, 2.05) is 26.0 Å². The monoisotopic (exact) mass is 450 g/mol. The van der Waals surface area contributed by atoms with Crippen molar-refractivity contribution in [1.82, 2.24) is 35.5 Å². The van der Waals surface area contributed by atoms with E-state index in [1.54, 1.807) is 13.2 Å². The first-order chi connectivity index (χ1) is 15.9. The first-order valence-corrected chi connectivity index (χ1v) is 11.4. The van der Waals surface area contributed by atoms with Gasteiger partial charge in [0.1, 0.15) is 11.7 Å². The Hall–Kier alpha value is -3.56. The van der Waals surface area contributed by atoms with Crippen molar-refractivity contribution in [2.45, 2.75) is 58.4 Å². The van der Waals surface area contributed by atoms with Gasteiger partial charge < -0.3 is 10.6 Å². The lowest BCUT2D eigenvalue weighted by molar-refractivity contribution is -0.119. The highest BCUT2D eigenvalue weighted by Crippen LogP contribution is 2.27. The van der Waals surface area contributed by atoms with Gasteiger partial charge >= 0.3 is 0 Å². The number of H-pyrrole nitrogens is 1. The lowest BCUT2D eigenvalue weighted by atomic mass is 9.91. The van der Waals surface area contributed by atoms with Crippen molar-refractivity contribution in [2.24, 2.45) is 13.0 Å². The molecule has 0 aliphatic heterocycles. The fraction of sp³-hybridized carbons (Fsp3) is 0.478. The van der Waals surface area contributed by atoms with Gasteiger partial charge in [-0.3, -0.25) is 19.7 Å². The number of anilines is 1. The Morgan fingerprint density at radius 1 is 1.12 bits per heavy atom. The third kappa shape index (κ3) is 5.10. The van der Waals surface area contributed by atoms with Crippen LogP contribution in [0.15, 0.2) is 24.5 Å². The van der Waals surface area contributed by atoms with Gasteiger partial charge in [0.15, 0.2) is 0 Å². The van der Waals surface area contributed by atoms with Crippen LogP contribution >= 0.6 is 0 Å². The SMILES string of the molecule is Cc1n[nH]c(C)c1-c1ccc(NC(=O)[C@@H](NC(=O)c2cnnn2C)C2CCCCCC2)cn1. The molecular weight excluding hydrogens is 420 g/mol. The Labute approximate surface area is 192 Å². The maximum Gasteiger partial charge on any atom is 0.271 e. The van der Waals surface area contributed by atoms with Gasteiger partial charge in [-0.1, -0.05) is 30.9 Å². The van der Waals surface area contributed by atoms with Gasteiger partial charge in [0.2, 0.25) is 5.91 Å². The summed E-state index contributed by atoms with van der Waals surface area (Å²) in [4.78, 5) is 30.7. The zero-order valence-electron chi connectivity index (χ0n) is 19.3. The van der Waals surface area contributed by atoms with Crippen molar-refractivity contribution in [3.63, 3.8) is 0 Å². The molecule has 0 aromatic carbocycles. The van der Waals surface area contributed by atoms with Gasteiger partial charge in [0.25, 0.3) is 5.91 Å². The Balaban J connectivity index is 1.52. The molecule has 0 saturated heterocycles. The van der Waals surface area contributed by atoms with Crippen LogP contribution in [-0.4, -0.2) is 48.0 Å². The number of carbonyl (C=O) groups excluding carboxylic acids is 2. The molecule has 0 bridgehead atoms. The van der Waals surface area contributed by atoms with E-state index < -0.39 is 6.04 Å². The summed E-state index contributed by atoms with van der Waals surface area (Å²) >= 11 is 0. The molecule has 1 saturated carbocycles. The number of amides is 2. The normalized spacial score (nSPS) is 15.6. The highest BCUT2D eigenvalue weighted by Gasteiger charge is 2.31. The zero-order chi connectivity index (χ0) is 23.4. The van der Waals surface area contributed by atoms with Crippen molar-refractivity contribution in [1.29, 1.82) is 0 Å². The van der Waals surface area contributed by atoms with E-state index in [-0.39, 0.29) is 17.7 Å². The second-order valence-corrected chi connectivity index (χ2v) is 8.68. The molecule has 33 heavy (non-hydrogen) atoms. The summed E-state index contributed by atoms with van der Waals surface area (Å²) < 4.78 is 1.40. The van der Waals surface area contributed by atoms with Crippen LogP contribution in [0.5, 0.6) is 0 Å². The Morgan fingerprint density at radius 3 is 2.45 bits per heavy atom. The molecule has 10 heteroatoms. The molecule has 0 spiro atoms. The lowest BCUT2D eigenvalue weighted by Gasteiger charge is -2.26. The van der Waals surface area contributed by atoms with Gasteiger partial charge in [0, 0.05) is 18.3 Å². The maximum absolute atomic E-state index is 13.3. The minimum Gasteiger partial charge on any atom is -0.339 e. The number of pyridine rings is 1. The summed E-state index contributed by atoms with van der Waals surface area (Å²) in [6.07, 6.45) is 9.26. The van der Waals surface area contributed by atoms with Crippen LogP contribution in [0.1, 0.15) is 60.4 Å². The molecule has 1 aliphatic rings. The lowest BCUT2D eigenvalue weighted by Crippen LogP contribution is -2.48. The largest absolute Gasteiger partial charge is 0.339 e. The second-order valence-electron chi connectivity index (χ2n) is 8.68. The van der Waals surface area contributed by atoms with Crippen LogP contribution in [0.4, 0.5) is 5.69 Å². The van der Waals surface area contributed by atoms with E-state index >= 15 is 0 Å². The summed E-state index contributed by atoms with van der Waals surface area (Å²) in [5, 5.41) is 20.7. The molecule has 0 radical (unpaired) electrons. The summed E-state index contributed by atoms with van der Waals surface area (Å²) in [6, 6.07) is 3.04. The Kier molecular flexibility index (Phi) is 6.81. The zero-order valence-corrected chi connectivity index (χ0v) is 19.3. The van der Waals surface area contributed by atoms with E-state index in [1.165, 1.54) is 10.9 Å². The van der Waals surface area contributed by atoms with Crippen LogP contribution in [-0.2, 0) is 11.8 Å². The van der Waals surface area contributed by atoms with Crippen LogP contribution in [0.25, 0.3) is 11.3 Å². The van der Waals surface area contributed by atoms with E-state index in [2.05, 4.69) is 36.1 Å². The predicted molar refractivity (Wildman–Crippen MR) is 123 cm³/mol. The van der Waals surface area contributed by atoms with Crippen molar-refractivity contribution in [3.05, 3.63) is 41.6 Å². The van der Waals surface area contributed by atoms with E-state index in [0.29, 0.717) is 11.4 Å². The number of aromatic nitrogens is 6. The second kappa shape index (κ2) is 9.93. The van der Waals surface area contributed by atoms with Crippen molar-refractivity contribution in [2.75, 3.05) is 5.32 Å². The topological polar surface area (TPSA) is 130 Å². The summed E-state index contributed by atoms with van der Waals surface area (Å²) in [5.74, 6) is -0.525. The van der Waals surface area contributed by atoms with Crippen LogP contribution < -0.4 is 10.6 Å². The van der Waals surface area contributed by atoms with Gasteiger partial charge in [-0.15, -0.1) is 5.10 Å². The third-order valence-corrected chi connectivity index (χ3v) is 6.30. The van der Waals surface area contributed by atoms with Gasteiger partial charge in [-0.05, 0) is 44.7 Å². The summed E-state index contributed by atoms with van der Waals surface area (Å²) in [7, 11) is 1.65. The first-order valence-electron chi connectivity index (χ1n) is 11.4. The van der Waals surface area contributed by atoms with Crippen LogP contribution in [0.2, 0.25) is 0 Å². The molecule has 2 amide bonds. The Bertz CT molecular complexity index is 1090. The molecule has 3 heterocycles. The van der Waals surface area contributed by atoms with Gasteiger partial charge in [0.05, 0.1) is 29.5 Å². The minimum atomic E-state index is -0.650. The number of rotatable bonds is 6. The molecule has 1 fully saturated rings. The molecule has 1 atom stereocenters. The summed E-state index contributed by atoms with van der Waals surface area (Å²) in [5.41, 5.74) is 4.46. The number of nitrogens with zero attached hydrogens (tertiary/aromatic N) is 5. The molecule has 10 nitrogen and oxygen atoms in total. The van der Waals surface area contributed by atoms with Crippen molar-refractivity contribution in [3.8, 4) is 11.3 Å². The number of aromatic amines is 1. The van der Waals surface area contributed by atoms with Gasteiger partial charge in [-0.25, -0.2) is 4.68 Å². The average molecular weight is 451 g/mol. The highest BCUT2D eigenvalue weighted by atomic mass is 16.2. The molecule has 0 unspecified atom stereocenters. The molecular formula is C23H30N8O2. The standard InChI is InChI=1S/C23H30N8O2/c1-14-20(15(2)29-28-14)18-11-10-17(12-24-18)26-23(33)21(16-8-6-4-5-7-9-16)27-22(32)19-13-25-30-31(19)3/h10-13,16,21H,4-9H2,1-3H3,(H,26,33)(H,27,32)(H,28,29)/t21-/m0/s1. The van der Waals surface area contributed by atoms with Crippen molar-refractivity contribution < 1.29 is 9.59 Å². The number of aryl methyl sites for hydroxylation is 3. The first kappa shape index (κ1) is 22.6. The van der Waals surface area contributed by atoms with E-state index in [4.69, 9.17) is 0 Å². The highest BCUT2D eigenvalue weighted by molar-refractivity contribution is 6.00. The van der Waals surface area contributed by atoms with E-state index in [0.717, 1.165) is 61.2 Å². The molecule has 174 valence electrons. The smallest absolute Gasteiger partial charge is 0.271 e. The quantitative estimate of drug-likeness (QED) is 0.495. The molecule has 3 N–H and O–H groups in total. The van der Waals surface area contributed by atoms with Crippen LogP contribution in [0, 0.1) is 19.8 Å². The Morgan fingerprint density at radius 2 is 1.88 bits per heavy atom. The fourth-order valence-corrected chi connectivity index (χ4v) is 4.52. The third-order valence-electron chi connectivity index (χ3n) is 6.30. The summed E-state index contributed by atoms with van der Waals surface area (Å²) in [6.45, 7) is 3.87. The predicted octanol–water partition coefficient (Wildman–Crippen LogP) is 2.92. The maximum atomic E-state index is 13.3. The molecule has 4 rings (SSSR count). The number of carbonyl (C=O) groups is 2. The van der Waals surface area contributed by atoms with Gasteiger partial charge in [-0.2, -0.15) is 5.10 Å². The average Bonchev–Trinajstić information content (AvgIpc) is 3.26. The van der Waals surface area contributed by atoms with Crippen LogP contribution in [0.3, 0.4) is 0 Å². The number of hydrogen-bond acceptors (Lipinski definition) is 6. The number of hydrogen-bond donors (Lipinski definition) is 3. The molecule has 1 aliphatic carbocycles. The molecule has 3 aromatic rings. The molecule has 3 aromatic heterocycles. The fourth-order valence-electron chi connectivity index (χ4n) is 4.52. The number of nitrogens with one attached hydrogen (secondary N) is 3. The van der Waals surface area contributed by atoms with E-state index in [9.17, 15) is 9.59 Å².